The molecule has 0 aliphatic carbocycles. The van der Waals surface area contributed by atoms with Crippen molar-refractivity contribution in [3.05, 3.63) is 64.2 Å². The Hall–Kier alpha value is -3.39. The molecule has 8 heteroatoms. The molecule has 2 aromatic carbocycles. The molecule has 0 spiro atoms. The second-order valence-electron chi connectivity index (χ2n) is 6.98. The van der Waals surface area contributed by atoms with E-state index in [1.54, 1.807) is 25.3 Å². The maximum absolute atomic E-state index is 12.7. The summed E-state index contributed by atoms with van der Waals surface area (Å²) in [7, 11) is 1.67. The van der Waals surface area contributed by atoms with Crippen molar-refractivity contribution in [2.75, 3.05) is 20.3 Å². The summed E-state index contributed by atoms with van der Waals surface area (Å²) >= 11 is 0. The van der Waals surface area contributed by atoms with E-state index in [9.17, 15) is 9.59 Å². The number of ether oxygens (including phenoxy) is 2. The molecule has 8 nitrogen and oxygen atoms in total. The van der Waals surface area contributed by atoms with Gasteiger partial charge in [-0.25, -0.2) is 0 Å². The number of carbonyl (C=O) groups excluding carboxylic acids is 2. The molecule has 0 fully saturated rings. The molecular formula is C24H34N4O4. The van der Waals surface area contributed by atoms with Gasteiger partial charge in [0.15, 0.2) is 6.61 Å². The number of rotatable bonds is 11. The van der Waals surface area contributed by atoms with Crippen molar-refractivity contribution < 1.29 is 19.1 Å². The number of primary amides is 1. The van der Waals surface area contributed by atoms with Gasteiger partial charge in [-0.2, -0.15) is 0 Å². The molecule has 0 heterocycles. The number of amidine groups is 1. The maximum atomic E-state index is 12.7. The minimum atomic E-state index is -0.626. The SMILES string of the molecule is CC.COCCCc1cc(C)cc(C(=O)NCc2ccc(C(=N)N)cc2OCC(N)=O)c1. The van der Waals surface area contributed by atoms with E-state index in [2.05, 4.69) is 11.4 Å². The van der Waals surface area contributed by atoms with Gasteiger partial charge in [-0.15, -0.1) is 0 Å². The highest BCUT2D eigenvalue weighted by atomic mass is 16.5. The van der Waals surface area contributed by atoms with Crippen LogP contribution in [0.25, 0.3) is 0 Å². The van der Waals surface area contributed by atoms with E-state index < -0.39 is 5.91 Å². The van der Waals surface area contributed by atoms with Crippen LogP contribution < -0.4 is 21.5 Å². The Kier molecular flexibility index (Phi) is 11.5. The van der Waals surface area contributed by atoms with Crippen molar-refractivity contribution >= 4 is 17.6 Å². The Labute approximate surface area is 189 Å². The Balaban J connectivity index is 0.00000249. The third-order valence-corrected chi connectivity index (χ3v) is 4.40. The van der Waals surface area contributed by atoms with Crippen LogP contribution in [0.1, 0.15) is 52.9 Å². The highest BCUT2D eigenvalue weighted by Gasteiger charge is 2.12. The maximum Gasteiger partial charge on any atom is 0.255 e. The molecule has 0 aromatic heterocycles. The van der Waals surface area contributed by atoms with Crippen LogP contribution in [0.2, 0.25) is 0 Å². The van der Waals surface area contributed by atoms with Gasteiger partial charge in [0.25, 0.3) is 11.8 Å². The van der Waals surface area contributed by atoms with E-state index >= 15 is 0 Å². The Morgan fingerprint density at radius 1 is 1.06 bits per heavy atom. The largest absolute Gasteiger partial charge is 0.483 e. The minimum Gasteiger partial charge on any atom is -0.483 e. The number of aryl methyl sites for hydroxylation is 2. The van der Waals surface area contributed by atoms with Crippen LogP contribution in [0.3, 0.4) is 0 Å². The average molecular weight is 443 g/mol. The number of benzene rings is 2. The van der Waals surface area contributed by atoms with Gasteiger partial charge in [-0.3, -0.25) is 15.0 Å². The number of hydrogen-bond donors (Lipinski definition) is 4. The van der Waals surface area contributed by atoms with Gasteiger partial charge in [-0.1, -0.05) is 37.6 Å². The normalized spacial score (nSPS) is 10.0. The van der Waals surface area contributed by atoms with Crippen LogP contribution in [0.5, 0.6) is 5.75 Å². The van der Waals surface area contributed by atoms with Gasteiger partial charge >= 0.3 is 0 Å². The van der Waals surface area contributed by atoms with Crippen LogP contribution in [0.4, 0.5) is 0 Å². The van der Waals surface area contributed by atoms with E-state index in [0.29, 0.717) is 29.0 Å². The molecule has 0 saturated heterocycles. The summed E-state index contributed by atoms with van der Waals surface area (Å²) in [5.74, 6) is -0.635. The Morgan fingerprint density at radius 3 is 2.41 bits per heavy atom. The van der Waals surface area contributed by atoms with Gasteiger partial charge in [-0.05, 0) is 43.5 Å². The van der Waals surface area contributed by atoms with Crippen LogP contribution in [-0.4, -0.2) is 38.0 Å². The topological polar surface area (TPSA) is 141 Å². The van der Waals surface area contributed by atoms with E-state index in [4.69, 9.17) is 26.4 Å². The average Bonchev–Trinajstić information content (AvgIpc) is 2.77. The smallest absolute Gasteiger partial charge is 0.255 e. The number of methoxy groups -OCH3 is 1. The molecule has 2 rings (SSSR count). The molecule has 32 heavy (non-hydrogen) atoms. The first-order valence-electron chi connectivity index (χ1n) is 10.6. The second kappa shape index (κ2) is 13.8. The molecule has 0 atom stereocenters. The predicted molar refractivity (Wildman–Crippen MR) is 126 cm³/mol. The fourth-order valence-electron chi connectivity index (χ4n) is 2.99. The lowest BCUT2D eigenvalue weighted by Gasteiger charge is -2.13. The lowest BCUT2D eigenvalue weighted by atomic mass is 10.0. The summed E-state index contributed by atoms with van der Waals surface area (Å²) in [4.78, 5) is 23.8. The molecule has 0 bridgehead atoms. The third kappa shape index (κ3) is 8.77. The van der Waals surface area contributed by atoms with Gasteiger partial charge < -0.3 is 26.3 Å². The van der Waals surface area contributed by atoms with Crippen LogP contribution >= 0.6 is 0 Å². The standard InChI is InChI=1S/C22H28N4O4.C2H6/c1-14-8-15(4-3-7-29-2)10-18(9-14)22(28)26-12-17-6-5-16(21(24)25)11-19(17)30-13-20(23)27;1-2/h5-6,8-11H,3-4,7,12-13H2,1-2H3,(H2,23,27)(H3,24,25)(H,26,28);1-2H3. The summed E-state index contributed by atoms with van der Waals surface area (Å²) in [6, 6.07) is 10.7. The summed E-state index contributed by atoms with van der Waals surface area (Å²) in [5, 5.41) is 10.4. The highest BCUT2D eigenvalue weighted by molar-refractivity contribution is 5.96. The van der Waals surface area contributed by atoms with E-state index in [1.807, 2.05) is 32.9 Å². The zero-order valence-corrected chi connectivity index (χ0v) is 19.3. The third-order valence-electron chi connectivity index (χ3n) is 4.40. The van der Waals surface area contributed by atoms with Gasteiger partial charge in [0, 0.05) is 37.0 Å². The first-order chi connectivity index (χ1) is 15.3. The van der Waals surface area contributed by atoms with E-state index in [1.165, 1.54) is 0 Å². The summed E-state index contributed by atoms with van der Waals surface area (Å²) in [6.45, 7) is 6.48. The molecule has 0 aliphatic heterocycles. The summed E-state index contributed by atoms with van der Waals surface area (Å²) in [5.41, 5.74) is 14.4. The number of carbonyl (C=O) groups is 2. The van der Waals surface area contributed by atoms with Crippen molar-refractivity contribution in [3.63, 3.8) is 0 Å². The first-order valence-corrected chi connectivity index (χ1v) is 10.6. The molecule has 0 unspecified atom stereocenters. The monoisotopic (exact) mass is 442 g/mol. The number of hydrogen-bond acceptors (Lipinski definition) is 5. The van der Waals surface area contributed by atoms with E-state index in [0.717, 1.165) is 24.0 Å². The van der Waals surface area contributed by atoms with Gasteiger partial charge in [0.2, 0.25) is 0 Å². The molecular weight excluding hydrogens is 408 g/mol. The first kappa shape index (κ1) is 26.6. The minimum absolute atomic E-state index is 0.129. The molecule has 2 amide bonds. The summed E-state index contributed by atoms with van der Waals surface area (Å²) < 4.78 is 10.5. The number of nitrogens with two attached hydrogens (primary N) is 2. The molecule has 174 valence electrons. The van der Waals surface area contributed by atoms with E-state index in [-0.39, 0.29) is 24.9 Å². The van der Waals surface area contributed by atoms with Crippen molar-refractivity contribution in [1.82, 2.24) is 5.32 Å². The van der Waals surface area contributed by atoms with Gasteiger partial charge in [0.05, 0.1) is 0 Å². The Bertz CT molecular complexity index is 928. The number of nitrogens with one attached hydrogen (secondary N) is 2. The second-order valence-corrected chi connectivity index (χ2v) is 6.98. The predicted octanol–water partition coefficient (Wildman–Crippen LogP) is 2.68. The van der Waals surface area contributed by atoms with Crippen LogP contribution in [0, 0.1) is 12.3 Å². The zero-order valence-electron chi connectivity index (χ0n) is 19.3. The van der Waals surface area contributed by atoms with Crippen LogP contribution in [-0.2, 0) is 22.5 Å². The molecule has 0 radical (unpaired) electrons. The highest BCUT2D eigenvalue weighted by Crippen LogP contribution is 2.21. The molecule has 6 N–H and O–H groups in total. The fourth-order valence-corrected chi connectivity index (χ4v) is 2.99. The lowest BCUT2D eigenvalue weighted by molar-refractivity contribution is -0.119. The molecule has 0 saturated carbocycles. The number of amides is 2. The van der Waals surface area contributed by atoms with Crippen LogP contribution in [0.15, 0.2) is 36.4 Å². The zero-order chi connectivity index (χ0) is 24.1. The van der Waals surface area contributed by atoms with Crippen molar-refractivity contribution in [2.45, 2.75) is 40.2 Å². The molecule has 2 aromatic rings. The van der Waals surface area contributed by atoms with Gasteiger partial charge in [0.1, 0.15) is 11.6 Å². The lowest BCUT2D eigenvalue weighted by Crippen LogP contribution is -2.25. The fraction of sp³-hybridized carbons (Fsp3) is 0.375. The molecule has 0 aliphatic rings. The summed E-state index contributed by atoms with van der Waals surface area (Å²) in [6.07, 6.45) is 1.71. The quantitative estimate of drug-likeness (QED) is 0.241. The number of nitrogen functional groups attached to an aromatic ring is 1. The van der Waals surface area contributed by atoms with Crippen molar-refractivity contribution in [2.24, 2.45) is 11.5 Å². The van der Waals surface area contributed by atoms with Crippen molar-refractivity contribution in [1.29, 1.82) is 5.41 Å². The Morgan fingerprint density at radius 2 is 1.78 bits per heavy atom. The van der Waals surface area contributed by atoms with Crippen molar-refractivity contribution in [3.8, 4) is 5.75 Å².